The third-order valence-corrected chi connectivity index (χ3v) is 2.13. The zero-order valence-corrected chi connectivity index (χ0v) is 8.87. The minimum Gasteiger partial charge on any atom is -0.366 e. The predicted molar refractivity (Wildman–Crippen MR) is 55.0 cm³/mol. The monoisotopic (exact) mass is 173 g/mol. The van der Waals surface area contributed by atoms with Gasteiger partial charge in [0, 0.05) is 13.1 Å². The lowest BCUT2D eigenvalue weighted by molar-refractivity contribution is 0.500. The quantitative estimate of drug-likeness (QED) is 0.518. The number of hydrogen-bond donors (Lipinski definition) is 0. The van der Waals surface area contributed by atoms with Gasteiger partial charge in [0.1, 0.15) is 0 Å². The highest BCUT2D eigenvalue weighted by molar-refractivity contribution is 7.80. The number of nitrogens with zero attached hydrogens (tertiary/aromatic N) is 1. The molecule has 1 saturated heterocycles. The summed E-state index contributed by atoms with van der Waals surface area (Å²) in [6.07, 6.45) is 1.31. The average Bonchev–Trinajstić information content (AvgIpc) is 2.40. The van der Waals surface area contributed by atoms with E-state index in [0.29, 0.717) is 0 Å². The summed E-state index contributed by atoms with van der Waals surface area (Å²) in [6, 6.07) is 0. The molecule has 0 aromatic rings. The van der Waals surface area contributed by atoms with Crippen LogP contribution in [0.3, 0.4) is 0 Å². The molecule has 1 atom stereocenters. The standard InChI is InChI=1S/C7H13NS.C2H6/c1-6-3-4-8(5-6)7(2)9;1-2/h6H,3-5H2,1-2H3;1-2H3. The molecule has 1 aliphatic rings. The van der Waals surface area contributed by atoms with E-state index in [1.165, 1.54) is 19.5 Å². The Balaban J connectivity index is 0.000000461. The molecule has 0 aromatic carbocycles. The topological polar surface area (TPSA) is 3.24 Å². The van der Waals surface area contributed by atoms with Crippen LogP contribution in [0.25, 0.3) is 0 Å². The molecule has 1 fully saturated rings. The first-order valence-electron chi connectivity index (χ1n) is 4.45. The van der Waals surface area contributed by atoms with Gasteiger partial charge in [-0.3, -0.25) is 0 Å². The molecule has 1 heterocycles. The lowest BCUT2D eigenvalue weighted by Crippen LogP contribution is -2.23. The summed E-state index contributed by atoms with van der Waals surface area (Å²) in [4.78, 5) is 3.33. The summed E-state index contributed by atoms with van der Waals surface area (Å²) in [7, 11) is 0. The smallest absolute Gasteiger partial charge is 0.0747 e. The number of thiocarbonyl (C=S) groups is 1. The molecular weight excluding hydrogens is 154 g/mol. The highest BCUT2D eigenvalue weighted by Gasteiger charge is 2.17. The third kappa shape index (κ3) is 3.71. The summed E-state index contributed by atoms with van der Waals surface area (Å²) in [5.41, 5.74) is 0. The Labute approximate surface area is 75.8 Å². The highest BCUT2D eigenvalue weighted by Crippen LogP contribution is 2.14. The summed E-state index contributed by atoms with van der Waals surface area (Å²) in [6.45, 7) is 10.6. The van der Waals surface area contributed by atoms with E-state index in [9.17, 15) is 0 Å². The predicted octanol–water partition coefficient (Wildman–Crippen LogP) is 2.70. The Bertz CT molecular complexity index is 123. The molecule has 0 spiro atoms. The van der Waals surface area contributed by atoms with Gasteiger partial charge in [0.25, 0.3) is 0 Å². The van der Waals surface area contributed by atoms with Gasteiger partial charge in [0.05, 0.1) is 4.99 Å². The van der Waals surface area contributed by atoms with Crippen molar-refractivity contribution in [2.75, 3.05) is 13.1 Å². The van der Waals surface area contributed by atoms with E-state index in [1.807, 2.05) is 20.8 Å². The van der Waals surface area contributed by atoms with Crippen molar-refractivity contribution in [2.24, 2.45) is 5.92 Å². The molecule has 11 heavy (non-hydrogen) atoms. The SMILES string of the molecule is CC.CC(=S)N1CCC(C)C1. The molecule has 0 N–H and O–H groups in total. The normalized spacial score (nSPS) is 22.5. The van der Waals surface area contributed by atoms with Crippen molar-refractivity contribution in [3.8, 4) is 0 Å². The van der Waals surface area contributed by atoms with Crippen LogP contribution in [0, 0.1) is 5.92 Å². The van der Waals surface area contributed by atoms with Crippen molar-refractivity contribution >= 4 is 17.2 Å². The van der Waals surface area contributed by atoms with E-state index >= 15 is 0 Å². The summed E-state index contributed by atoms with van der Waals surface area (Å²) in [5.74, 6) is 0.850. The molecular formula is C9H19NS. The number of rotatable bonds is 0. The fraction of sp³-hybridized carbons (Fsp3) is 0.889. The molecule has 1 aliphatic heterocycles. The van der Waals surface area contributed by atoms with Crippen molar-refractivity contribution in [2.45, 2.75) is 34.1 Å². The van der Waals surface area contributed by atoms with Gasteiger partial charge in [-0.05, 0) is 19.3 Å². The Morgan fingerprint density at radius 3 is 2.18 bits per heavy atom. The van der Waals surface area contributed by atoms with E-state index in [4.69, 9.17) is 12.2 Å². The van der Waals surface area contributed by atoms with E-state index in [2.05, 4.69) is 11.8 Å². The van der Waals surface area contributed by atoms with Crippen molar-refractivity contribution in [3.05, 3.63) is 0 Å². The van der Waals surface area contributed by atoms with Gasteiger partial charge in [0.2, 0.25) is 0 Å². The highest BCUT2D eigenvalue weighted by atomic mass is 32.1. The molecule has 66 valence electrons. The maximum Gasteiger partial charge on any atom is 0.0747 e. The van der Waals surface area contributed by atoms with Gasteiger partial charge in [-0.1, -0.05) is 33.0 Å². The minimum absolute atomic E-state index is 0.850. The zero-order valence-electron chi connectivity index (χ0n) is 8.05. The first-order valence-corrected chi connectivity index (χ1v) is 4.86. The Kier molecular flexibility index (Phi) is 5.47. The second-order valence-electron chi connectivity index (χ2n) is 2.86. The van der Waals surface area contributed by atoms with Crippen molar-refractivity contribution < 1.29 is 0 Å². The van der Waals surface area contributed by atoms with Crippen molar-refractivity contribution in [1.29, 1.82) is 0 Å². The van der Waals surface area contributed by atoms with E-state index < -0.39 is 0 Å². The van der Waals surface area contributed by atoms with Gasteiger partial charge in [-0.25, -0.2) is 0 Å². The minimum atomic E-state index is 0.850. The van der Waals surface area contributed by atoms with Gasteiger partial charge in [-0.2, -0.15) is 0 Å². The largest absolute Gasteiger partial charge is 0.366 e. The molecule has 0 saturated carbocycles. The summed E-state index contributed by atoms with van der Waals surface area (Å²) >= 11 is 5.03. The van der Waals surface area contributed by atoms with Crippen LogP contribution in [-0.4, -0.2) is 23.0 Å². The first-order chi connectivity index (χ1) is 5.20. The fourth-order valence-corrected chi connectivity index (χ4v) is 1.39. The van der Waals surface area contributed by atoms with E-state index in [0.717, 1.165) is 10.9 Å². The Hall–Kier alpha value is -0.110. The average molecular weight is 173 g/mol. The second kappa shape index (κ2) is 5.53. The fourth-order valence-electron chi connectivity index (χ4n) is 1.22. The van der Waals surface area contributed by atoms with Crippen LogP contribution in [0.1, 0.15) is 34.1 Å². The first kappa shape index (κ1) is 10.9. The van der Waals surface area contributed by atoms with Crippen LogP contribution < -0.4 is 0 Å². The van der Waals surface area contributed by atoms with Gasteiger partial charge >= 0.3 is 0 Å². The van der Waals surface area contributed by atoms with Crippen LogP contribution in [0.15, 0.2) is 0 Å². The van der Waals surface area contributed by atoms with Gasteiger partial charge in [0.15, 0.2) is 0 Å². The number of likely N-dealkylation sites (tertiary alicyclic amines) is 1. The Morgan fingerprint density at radius 1 is 1.45 bits per heavy atom. The molecule has 0 aromatic heterocycles. The van der Waals surface area contributed by atoms with Gasteiger partial charge < -0.3 is 4.90 Å². The van der Waals surface area contributed by atoms with Crippen LogP contribution in [-0.2, 0) is 0 Å². The maximum absolute atomic E-state index is 5.03. The van der Waals surface area contributed by atoms with Crippen LogP contribution in [0.4, 0.5) is 0 Å². The maximum atomic E-state index is 5.03. The molecule has 0 aliphatic carbocycles. The molecule has 0 radical (unpaired) electrons. The lowest BCUT2D eigenvalue weighted by atomic mass is 10.2. The van der Waals surface area contributed by atoms with Crippen LogP contribution >= 0.6 is 12.2 Å². The third-order valence-electron chi connectivity index (χ3n) is 1.87. The molecule has 1 nitrogen and oxygen atoms in total. The van der Waals surface area contributed by atoms with Crippen molar-refractivity contribution in [3.63, 3.8) is 0 Å². The molecule has 2 heteroatoms. The van der Waals surface area contributed by atoms with Gasteiger partial charge in [-0.15, -0.1) is 0 Å². The number of hydrogen-bond acceptors (Lipinski definition) is 1. The molecule has 1 rings (SSSR count). The van der Waals surface area contributed by atoms with Crippen LogP contribution in [0.5, 0.6) is 0 Å². The second-order valence-corrected chi connectivity index (χ2v) is 3.45. The Morgan fingerprint density at radius 2 is 2.00 bits per heavy atom. The molecule has 1 unspecified atom stereocenters. The van der Waals surface area contributed by atoms with E-state index in [-0.39, 0.29) is 0 Å². The van der Waals surface area contributed by atoms with E-state index in [1.54, 1.807) is 0 Å². The van der Waals surface area contributed by atoms with Crippen LogP contribution in [0.2, 0.25) is 0 Å². The lowest BCUT2D eigenvalue weighted by Gasteiger charge is -2.14. The zero-order chi connectivity index (χ0) is 8.85. The molecule has 0 amide bonds. The summed E-state index contributed by atoms with van der Waals surface area (Å²) < 4.78 is 0. The molecule has 0 bridgehead atoms. The van der Waals surface area contributed by atoms with Crippen molar-refractivity contribution in [1.82, 2.24) is 4.90 Å². The summed E-state index contributed by atoms with van der Waals surface area (Å²) in [5, 5.41) is 0.